The average Bonchev–Trinajstić information content (AvgIpc) is 3.40. The summed E-state index contributed by atoms with van der Waals surface area (Å²) in [7, 11) is 0. The molecule has 0 atom stereocenters. The minimum absolute atomic E-state index is 0.00681. The standard InChI is InChI=1S/C29H30F3N7O/c1-20-15-16-38(37-20)24-11-13-26(14-12-24)39(28(40)35-17-21-5-3-2-4-6-21)25-9-7-23(8-10-25)36-27-33-18-22(19-34-27)29(30,31)32/h2-6,11-16,18-19,23,25H,7-10,17H2,1H3,(H,35,40)(H,33,34,36). The lowest BCUT2D eigenvalue weighted by Gasteiger charge is -2.37. The van der Waals surface area contributed by atoms with Crippen LogP contribution in [0.25, 0.3) is 5.69 Å². The predicted octanol–water partition coefficient (Wildman–Crippen LogP) is 6.13. The zero-order valence-electron chi connectivity index (χ0n) is 22.0. The van der Waals surface area contributed by atoms with Gasteiger partial charge < -0.3 is 10.6 Å². The second-order valence-corrected chi connectivity index (χ2v) is 9.88. The van der Waals surface area contributed by atoms with Crippen LogP contribution in [0.4, 0.5) is 29.6 Å². The fourth-order valence-corrected chi connectivity index (χ4v) is 4.89. The van der Waals surface area contributed by atoms with Crippen molar-refractivity contribution in [2.75, 3.05) is 10.2 Å². The number of carbonyl (C=O) groups excluding carboxylic acids is 1. The highest BCUT2D eigenvalue weighted by atomic mass is 19.4. The number of aromatic nitrogens is 4. The normalized spacial score (nSPS) is 17.3. The van der Waals surface area contributed by atoms with Gasteiger partial charge in [0, 0.05) is 42.9 Å². The van der Waals surface area contributed by atoms with Gasteiger partial charge in [0.05, 0.1) is 16.9 Å². The molecule has 2 N–H and O–H groups in total. The van der Waals surface area contributed by atoms with Crippen LogP contribution in [0.1, 0.15) is 42.5 Å². The van der Waals surface area contributed by atoms with Crippen molar-refractivity contribution in [1.29, 1.82) is 0 Å². The third-order valence-electron chi connectivity index (χ3n) is 6.99. The monoisotopic (exact) mass is 549 g/mol. The summed E-state index contributed by atoms with van der Waals surface area (Å²) in [5, 5.41) is 10.7. The number of rotatable bonds is 7. The van der Waals surface area contributed by atoms with Gasteiger partial charge in [-0.1, -0.05) is 30.3 Å². The number of aryl methyl sites for hydroxylation is 1. The van der Waals surface area contributed by atoms with Crippen LogP contribution < -0.4 is 15.5 Å². The maximum Gasteiger partial charge on any atom is 0.419 e. The zero-order chi connectivity index (χ0) is 28.1. The predicted molar refractivity (Wildman–Crippen MR) is 146 cm³/mol. The van der Waals surface area contributed by atoms with E-state index in [-0.39, 0.29) is 24.1 Å². The van der Waals surface area contributed by atoms with E-state index in [0.717, 1.165) is 35.0 Å². The molecule has 1 aliphatic rings. The number of carbonyl (C=O) groups is 1. The number of amides is 2. The molecule has 40 heavy (non-hydrogen) atoms. The van der Waals surface area contributed by atoms with Crippen LogP contribution in [0.2, 0.25) is 0 Å². The summed E-state index contributed by atoms with van der Waals surface area (Å²) in [6.07, 6.45) is 1.82. The van der Waals surface area contributed by atoms with Crippen molar-refractivity contribution in [3.8, 4) is 5.69 Å². The Morgan fingerprint density at radius 3 is 2.25 bits per heavy atom. The lowest BCUT2D eigenvalue weighted by molar-refractivity contribution is -0.138. The minimum Gasteiger partial charge on any atom is -0.351 e. The van der Waals surface area contributed by atoms with Crippen LogP contribution in [-0.2, 0) is 12.7 Å². The smallest absolute Gasteiger partial charge is 0.351 e. The van der Waals surface area contributed by atoms with Gasteiger partial charge in [0.15, 0.2) is 0 Å². The number of alkyl halides is 3. The van der Waals surface area contributed by atoms with Crippen molar-refractivity contribution < 1.29 is 18.0 Å². The van der Waals surface area contributed by atoms with E-state index in [2.05, 4.69) is 25.7 Å². The molecule has 2 amide bonds. The van der Waals surface area contributed by atoms with E-state index in [1.807, 2.05) is 78.7 Å². The van der Waals surface area contributed by atoms with Crippen molar-refractivity contribution in [1.82, 2.24) is 25.1 Å². The van der Waals surface area contributed by atoms with Crippen LogP contribution in [0.5, 0.6) is 0 Å². The van der Waals surface area contributed by atoms with Gasteiger partial charge >= 0.3 is 12.2 Å². The maximum atomic E-state index is 13.5. The summed E-state index contributed by atoms with van der Waals surface area (Å²) in [5.41, 5.74) is 2.71. The number of nitrogens with zero attached hydrogens (tertiary/aromatic N) is 5. The van der Waals surface area contributed by atoms with Crippen LogP contribution in [0, 0.1) is 6.92 Å². The van der Waals surface area contributed by atoms with Gasteiger partial charge in [-0.2, -0.15) is 18.3 Å². The summed E-state index contributed by atoms with van der Waals surface area (Å²) >= 11 is 0. The Hall–Kier alpha value is -4.41. The number of hydrogen-bond acceptors (Lipinski definition) is 5. The molecule has 2 aromatic heterocycles. The summed E-state index contributed by atoms with van der Waals surface area (Å²) < 4.78 is 40.3. The number of nitrogens with one attached hydrogen (secondary N) is 2. The fourth-order valence-electron chi connectivity index (χ4n) is 4.89. The highest BCUT2D eigenvalue weighted by molar-refractivity contribution is 5.92. The van der Waals surface area contributed by atoms with Crippen molar-refractivity contribution >= 4 is 17.7 Å². The molecule has 2 heterocycles. The Kier molecular flexibility index (Phi) is 7.99. The van der Waals surface area contributed by atoms with Crippen molar-refractivity contribution in [3.05, 3.63) is 96.1 Å². The second-order valence-electron chi connectivity index (χ2n) is 9.88. The first kappa shape index (κ1) is 27.2. The van der Waals surface area contributed by atoms with Crippen LogP contribution in [0.15, 0.2) is 79.3 Å². The second kappa shape index (κ2) is 11.8. The quantitative estimate of drug-likeness (QED) is 0.290. The highest BCUT2D eigenvalue weighted by Crippen LogP contribution is 2.31. The molecule has 1 saturated carbocycles. The van der Waals surface area contributed by atoms with Gasteiger partial charge in [-0.05, 0) is 68.5 Å². The largest absolute Gasteiger partial charge is 0.419 e. The van der Waals surface area contributed by atoms with Gasteiger partial charge in [-0.3, -0.25) is 4.90 Å². The third-order valence-corrected chi connectivity index (χ3v) is 6.99. The van der Waals surface area contributed by atoms with Gasteiger partial charge in [-0.15, -0.1) is 0 Å². The molecule has 1 fully saturated rings. The molecule has 0 unspecified atom stereocenters. The molecule has 5 rings (SSSR count). The molecule has 0 saturated heterocycles. The SMILES string of the molecule is Cc1ccn(-c2ccc(N(C(=O)NCc3ccccc3)C3CCC(Nc4ncc(C(F)(F)F)cn4)CC3)cc2)n1. The third kappa shape index (κ3) is 6.59. The Balaban J connectivity index is 1.28. The van der Waals surface area contributed by atoms with E-state index in [1.165, 1.54) is 0 Å². The molecular weight excluding hydrogens is 519 g/mol. The summed E-state index contributed by atoms with van der Waals surface area (Å²) in [4.78, 5) is 23.0. The molecule has 4 aromatic rings. The van der Waals surface area contributed by atoms with Gasteiger partial charge in [0.1, 0.15) is 0 Å². The first-order valence-corrected chi connectivity index (χ1v) is 13.2. The Morgan fingerprint density at radius 2 is 1.65 bits per heavy atom. The fraction of sp³-hybridized carbons (Fsp3) is 0.310. The molecule has 11 heteroatoms. The minimum atomic E-state index is -4.48. The lowest BCUT2D eigenvalue weighted by Crippen LogP contribution is -2.48. The number of benzene rings is 2. The first-order valence-electron chi connectivity index (χ1n) is 13.2. The molecule has 0 radical (unpaired) electrons. The molecule has 1 aliphatic carbocycles. The summed E-state index contributed by atoms with van der Waals surface area (Å²) in [6.45, 7) is 2.33. The summed E-state index contributed by atoms with van der Waals surface area (Å²) in [6, 6.07) is 19.1. The van der Waals surface area contributed by atoms with Gasteiger partial charge in [0.2, 0.25) is 5.95 Å². The van der Waals surface area contributed by atoms with E-state index >= 15 is 0 Å². The van der Waals surface area contributed by atoms with E-state index in [1.54, 1.807) is 4.68 Å². The van der Waals surface area contributed by atoms with E-state index < -0.39 is 11.7 Å². The number of anilines is 2. The maximum absolute atomic E-state index is 13.5. The van der Waals surface area contributed by atoms with Crippen LogP contribution in [-0.4, -0.2) is 37.9 Å². The number of urea groups is 1. The Bertz CT molecular complexity index is 1400. The Morgan fingerprint density at radius 1 is 0.975 bits per heavy atom. The number of hydrogen-bond donors (Lipinski definition) is 2. The molecule has 0 aliphatic heterocycles. The van der Waals surface area contributed by atoms with Crippen molar-refractivity contribution in [2.45, 2.75) is 57.4 Å². The Labute approximate surface area is 230 Å². The van der Waals surface area contributed by atoms with E-state index in [0.29, 0.717) is 32.2 Å². The van der Waals surface area contributed by atoms with Crippen LogP contribution >= 0.6 is 0 Å². The van der Waals surface area contributed by atoms with Crippen LogP contribution in [0.3, 0.4) is 0 Å². The van der Waals surface area contributed by atoms with E-state index in [9.17, 15) is 18.0 Å². The van der Waals surface area contributed by atoms with Gasteiger partial charge in [0.25, 0.3) is 0 Å². The van der Waals surface area contributed by atoms with Crippen molar-refractivity contribution in [3.63, 3.8) is 0 Å². The molecular formula is C29H30F3N7O. The highest BCUT2D eigenvalue weighted by Gasteiger charge is 2.32. The molecule has 0 spiro atoms. The van der Waals surface area contributed by atoms with E-state index in [4.69, 9.17) is 0 Å². The zero-order valence-corrected chi connectivity index (χ0v) is 22.0. The van der Waals surface area contributed by atoms with Crippen molar-refractivity contribution in [2.24, 2.45) is 0 Å². The topological polar surface area (TPSA) is 88.0 Å². The summed E-state index contributed by atoms with van der Waals surface area (Å²) in [5.74, 6) is 0.165. The molecule has 0 bridgehead atoms. The molecule has 208 valence electrons. The lowest BCUT2D eigenvalue weighted by atomic mass is 9.90. The molecule has 8 nitrogen and oxygen atoms in total. The molecule has 2 aromatic carbocycles. The average molecular weight is 550 g/mol. The first-order chi connectivity index (χ1) is 19.3. The van der Waals surface area contributed by atoms with Gasteiger partial charge in [-0.25, -0.2) is 19.4 Å². The number of halogens is 3.